The standard InChI is InChI=1S/C15H15F6NO3/c16-14(17,18)8-25-12-4-2-1-3-9(12)5-22-6-10(13(23)24)11(7-22)15(19,20)21/h1-4,10-11H,5-8H2,(H,23,24)/t10-,11-/m1/s1. The lowest BCUT2D eigenvalue weighted by molar-refractivity contribution is -0.188. The normalized spacial score (nSPS) is 22.2. The summed E-state index contributed by atoms with van der Waals surface area (Å²) in [5.41, 5.74) is 0.263. The van der Waals surface area contributed by atoms with Gasteiger partial charge in [-0.2, -0.15) is 26.3 Å². The molecule has 0 saturated carbocycles. The number of nitrogens with zero attached hydrogens (tertiary/aromatic N) is 1. The SMILES string of the molecule is O=C(O)[C@@H]1CN(Cc2ccccc2OCC(F)(F)F)C[C@H]1C(F)(F)F. The molecular weight excluding hydrogens is 356 g/mol. The summed E-state index contributed by atoms with van der Waals surface area (Å²) < 4.78 is 80.4. The first-order chi connectivity index (χ1) is 11.5. The number of rotatable bonds is 5. The second kappa shape index (κ2) is 7.11. The molecule has 1 fully saturated rings. The highest BCUT2D eigenvalue weighted by Gasteiger charge is 2.52. The molecule has 0 bridgehead atoms. The molecule has 1 aliphatic heterocycles. The summed E-state index contributed by atoms with van der Waals surface area (Å²) >= 11 is 0. The van der Waals surface area contributed by atoms with Crippen LogP contribution >= 0.6 is 0 Å². The van der Waals surface area contributed by atoms with Crippen molar-refractivity contribution >= 4 is 5.97 Å². The molecule has 0 aliphatic carbocycles. The molecule has 1 N–H and O–H groups in total. The Morgan fingerprint density at radius 2 is 1.80 bits per heavy atom. The number of carboxylic acids is 1. The van der Waals surface area contributed by atoms with Crippen LogP contribution in [0.1, 0.15) is 5.56 Å². The number of aliphatic carboxylic acids is 1. The highest BCUT2D eigenvalue weighted by atomic mass is 19.4. The van der Waals surface area contributed by atoms with Gasteiger partial charge in [-0.05, 0) is 6.07 Å². The quantitative estimate of drug-likeness (QED) is 0.807. The van der Waals surface area contributed by atoms with Gasteiger partial charge in [0.15, 0.2) is 6.61 Å². The van der Waals surface area contributed by atoms with Crippen molar-refractivity contribution in [3.8, 4) is 5.75 Å². The molecule has 1 aliphatic rings. The van der Waals surface area contributed by atoms with Gasteiger partial charge in [-0.15, -0.1) is 0 Å². The van der Waals surface area contributed by atoms with Gasteiger partial charge in [-0.3, -0.25) is 9.69 Å². The van der Waals surface area contributed by atoms with Crippen LogP contribution in [-0.2, 0) is 11.3 Å². The number of likely N-dealkylation sites (tertiary alicyclic amines) is 1. The summed E-state index contributed by atoms with van der Waals surface area (Å²) in [7, 11) is 0. The van der Waals surface area contributed by atoms with E-state index in [9.17, 15) is 31.1 Å². The molecule has 1 aromatic rings. The van der Waals surface area contributed by atoms with Crippen molar-refractivity contribution < 1.29 is 41.0 Å². The minimum absolute atomic E-state index is 0.0952. The number of benzene rings is 1. The van der Waals surface area contributed by atoms with Gasteiger partial charge in [0.25, 0.3) is 0 Å². The highest BCUT2D eigenvalue weighted by Crippen LogP contribution is 2.38. The number of ether oxygens (including phenoxy) is 1. The van der Waals surface area contributed by atoms with Crippen molar-refractivity contribution in [1.29, 1.82) is 0 Å². The van der Waals surface area contributed by atoms with E-state index in [4.69, 9.17) is 9.84 Å². The summed E-state index contributed by atoms with van der Waals surface area (Å²) in [4.78, 5) is 12.3. The Morgan fingerprint density at radius 3 is 2.32 bits per heavy atom. The van der Waals surface area contributed by atoms with Gasteiger partial charge in [0, 0.05) is 25.2 Å². The number of alkyl halides is 6. The Labute approximate surface area is 139 Å². The van der Waals surface area contributed by atoms with Gasteiger partial charge in [0.1, 0.15) is 5.75 Å². The molecule has 0 aromatic heterocycles. The second-order valence-corrected chi connectivity index (χ2v) is 5.80. The average molecular weight is 371 g/mol. The molecule has 0 spiro atoms. The summed E-state index contributed by atoms with van der Waals surface area (Å²) in [6.45, 7) is -2.53. The third-order valence-corrected chi connectivity index (χ3v) is 3.89. The molecule has 0 radical (unpaired) electrons. The van der Waals surface area contributed by atoms with Gasteiger partial charge in [-0.25, -0.2) is 0 Å². The van der Waals surface area contributed by atoms with Crippen LogP contribution in [-0.4, -0.2) is 48.0 Å². The van der Waals surface area contributed by atoms with E-state index in [1.807, 2.05) is 0 Å². The maximum atomic E-state index is 13.0. The number of carbonyl (C=O) groups is 1. The first-order valence-corrected chi connectivity index (χ1v) is 7.26. The third-order valence-electron chi connectivity index (χ3n) is 3.89. The molecule has 0 amide bonds. The van der Waals surface area contributed by atoms with Crippen LogP contribution in [0.4, 0.5) is 26.3 Å². The first kappa shape index (κ1) is 19.4. The van der Waals surface area contributed by atoms with Crippen molar-refractivity contribution in [2.45, 2.75) is 18.9 Å². The summed E-state index contributed by atoms with van der Waals surface area (Å²) in [6.07, 6.45) is -9.21. The van der Waals surface area contributed by atoms with Crippen LogP contribution in [0.5, 0.6) is 5.75 Å². The lowest BCUT2D eigenvalue weighted by atomic mass is 9.96. The topological polar surface area (TPSA) is 49.8 Å². The Kier molecular flexibility index (Phi) is 5.50. The zero-order valence-corrected chi connectivity index (χ0v) is 12.8. The van der Waals surface area contributed by atoms with Gasteiger partial charge in [-0.1, -0.05) is 18.2 Å². The van der Waals surface area contributed by atoms with Gasteiger partial charge in [0.2, 0.25) is 0 Å². The molecule has 1 heterocycles. The van der Waals surface area contributed by atoms with E-state index < -0.39 is 43.3 Å². The summed E-state index contributed by atoms with van der Waals surface area (Å²) in [5, 5.41) is 8.98. The Bertz CT molecular complexity index is 616. The van der Waals surface area contributed by atoms with Crippen molar-refractivity contribution in [2.24, 2.45) is 11.8 Å². The van der Waals surface area contributed by atoms with Crippen LogP contribution in [0.15, 0.2) is 24.3 Å². The van der Waals surface area contributed by atoms with E-state index >= 15 is 0 Å². The highest BCUT2D eigenvalue weighted by molar-refractivity contribution is 5.71. The Hall–Kier alpha value is -1.97. The van der Waals surface area contributed by atoms with Crippen LogP contribution < -0.4 is 4.74 Å². The van der Waals surface area contributed by atoms with Gasteiger partial charge in [0.05, 0.1) is 11.8 Å². The molecule has 1 aromatic carbocycles. The summed E-state index contributed by atoms with van der Waals surface area (Å²) in [5.74, 6) is -5.27. The Morgan fingerprint density at radius 1 is 1.16 bits per heavy atom. The van der Waals surface area contributed by atoms with Crippen molar-refractivity contribution in [1.82, 2.24) is 4.90 Å². The number of hydrogen-bond donors (Lipinski definition) is 1. The van der Waals surface area contributed by atoms with Crippen LogP contribution in [0.3, 0.4) is 0 Å². The predicted molar refractivity (Wildman–Crippen MR) is 73.9 cm³/mol. The number of carboxylic acid groups (broad SMARTS) is 1. The number of para-hydroxylation sites is 1. The van der Waals surface area contributed by atoms with E-state index in [-0.39, 0.29) is 24.4 Å². The molecule has 140 valence electrons. The van der Waals surface area contributed by atoms with Gasteiger partial charge >= 0.3 is 18.3 Å². The second-order valence-electron chi connectivity index (χ2n) is 5.80. The number of hydrogen-bond acceptors (Lipinski definition) is 3. The summed E-state index contributed by atoms with van der Waals surface area (Å²) in [6, 6.07) is 5.68. The fourth-order valence-electron chi connectivity index (χ4n) is 2.77. The lowest BCUT2D eigenvalue weighted by Crippen LogP contribution is -2.33. The van der Waals surface area contributed by atoms with Crippen molar-refractivity contribution in [2.75, 3.05) is 19.7 Å². The molecule has 2 rings (SSSR count). The van der Waals surface area contributed by atoms with Crippen molar-refractivity contribution in [3.05, 3.63) is 29.8 Å². The van der Waals surface area contributed by atoms with Gasteiger partial charge < -0.3 is 9.84 Å². The third kappa shape index (κ3) is 5.25. The monoisotopic (exact) mass is 371 g/mol. The lowest BCUT2D eigenvalue weighted by Gasteiger charge is -2.19. The van der Waals surface area contributed by atoms with E-state index in [1.54, 1.807) is 0 Å². The number of halogens is 6. The van der Waals surface area contributed by atoms with E-state index in [2.05, 4.69) is 0 Å². The molecule has 10 heteroatoms. The van der Waals surface area contributed by atoms with Crippen LogP contribution in [0.25, 0.3) is 0 Å². The largest absolute Gasteiger partial charge is 0.484 e. The minimum atomic E-state index is -4.66. The molecule has 25 heavy (non-hydrogen) atoms. The molecule has 4 nitrogen and oxygen atoms in total. The molecular formula is C15H15F6NO3. The van der Waals surface area contributed by atoms with Crippen LogP contribution in [0.2, 0.25) is 0 Å². The maximum absolute atomic E-state index is 13.0. The molecule has 2 atom stereocenters. The smallest absolute Gasteiger partial charge is 0.422 e. The van der Waals surface area contributed by atoms with E-state index in [0.717, 1.165) is 0 Å². The van der Waals surface area contributed by atoms with E-state index in [1.165, 1.54) is 29.2 Å². The van der Waals surface area contributed by atoms with E-state index in [0.29, 0.717) is 0 Å². The maximum Gasteiger partial charge on any atom is 0.422 e. The predicted octanol–water partition coefficient (Wildman–Crippen LogP) is 3.32. The first-order valence-electron chi connectivity index (χ1n) is 7.26. The zero-order valence-electron chi connectivity index (χ0n) is 12.8. The van der Waals surface area contributed by atoms with Crippen LogP contribution in [0, 0.1) is 11.8 Å². The Balaban J connectivity index is 2.11. The molecule has 0 unspecified atom stereocenters. The fourth-order valence-corrected chi connectivity index (χ4v) is 2.77. The molecule has 1 saturated heterocycles. The average Bonchev–Trinajstić information content (AvgIpc) is 2.90. The minimum Gasteiger partial charge on any atom is -0.484 e. The fraction of sp³-hybridized carbons (Fsp3) is 0.533. The zero-order chi connectivity index (χ0) is 18.8. The van der Waals surface area contributed by atoms with Crippen molar-refractivity contribution in [3.63, 3.8) is 0 Å².